The second-order valence-electron chi connectivity index (χ2n) is 7.17. The highest BCUT2D eigenvalue weighted by molar-refractivity contribution is 5.37. The van der Waals surface area contributed by atoms with E-state index in [1.807, 2.05) is 17.1 Å². The summed E-state index contributed by atoms with van der Waals surface area (Å²) in [4.78, 5) is 4.14. The van der Waals surface area contributed by atoms with E-state index in [0.29, 0.717) is 6.54 Å². The lowest BCUT2D eigenvalue weighted by molar-refractivity contribution is -0.186. The van der Waals surface area contributed by atoms with Gasteiger partial charge in [0.25, 0.3) is 0 Å². The Morgan fingerprint density at radius 3 is 2.25 bits per heavy atom. The van der Waals surface area contributed by atoms with Crippen molar-refractivity contribution in [3.8, 4) is 0 Å². The minimum atomic E-state index is -0.580. The lowest BCUT2D eigenvalue weighted by Gasteiger charge is -2.29. The molecular weight excluding hydrogens is 300 g/mol. The molecule has 1 aliphatic heterocycles. The molecule has 0 bridgehead atoms. The van der Waals surface area contributed by atoms with Gasteiger partial charge in [0, 0.05) is 18.8 Å². The van der Waals surface area contributed by atoms with Gasteiger partial charge in [-0.15, -0.1) is 0 Å². The van der Waals surface area contributed by atoms with Crippen molar-refractivity contribution in [2.45, 2.75) is 72.0 Å². The molecule has 4 nitrogen and oxygen atoms in total. The van der Waals surface area contributed by atoms with E-state index in [-0.39, 0.29) is 12.2 Å². The van der Waals surface area contributed by atoms with Gasteiger partial charge in [0.1, 0.15) is 0 Å². The first-order valence-electron chi connectivity index (χ1n) is 8.77. The lowest BCUT2D eigenvalue weighted by Crippen LogP contribution is -2.37. The standard InChI is InChI=1S/C20H28N2O2/c1-14-10-15(2)19(16(3)11-14)6-7-20(12-22-9-8-21-13-22)23-17(4)18(5)24-20/h8-11,13,17-18H,6-7,12H2,1-5H3. The molecule has 3 rings (SSSR count). The Balaban J connectivity index is 1.80. The summed E-state index contributed by atoms with van der Waals surface area (Å²) in [5, 5.41) is 0. The maximum absolute atomic E-state index is 6.29. The van der Waals surface area contributed by atoms with Gasteiger partial charge in [0.05, 0.1) is 25.1 Å². The van der Waals surface area contributed by atoms with Crippen LogP contribution in [-0.2, 0) is 22.4 Å². The number of benzene rings is 1. The molecule has 2 aromatic rings. The van der Waals surface area contributed by atoms with Gasteiger partial charge in [-0.2, -0.15) is 0 Å². The predicted molar refractivity (Wildman–Crippen MR) is 95.0 cm³/mol. The van der Waals surface area contributed by atoms with Crippen molar-refractivity contribution in [2.75, 3.05) is 0 Å². The monoisotopic (exact) mass is 328 g/mol. The molecule has 1 aromatic carbocycles. The molecule has 2 heterocycles. The quantitative estimate of drug-likeness (QED) is 0.833. The molecule has 1 saturated heterocycles. The molecule has 2 atom stereocenters. The molecule has 1 aliphatic rings. The molecule has 0 radical (unpaired) electrons. The van der Waals surface area contributed by atoms with Crippen LogP contribution in [0.5, 0.6) is 0 Å². The Morgan fingerprint density at radius 1 is 1.08 bits per heavy atom. The molecule has 0 aliphatic carbocycles. The third kappa shape index (κ3) is 3.55. The van der Waals surface area contributed by atoms with Crippen LogP contribution in [-0.4, -0.2) is 27.5 Å². The summed E-state index contributed by atoms with van der Waals surface area (Å²) < 4.78 is 14.6. The predicted octanol–water partition coefficient (Wildman–Crippen LogP) is 3.96. The van der Waals surface area contributed by atoms with E-state index in [2.05, 4.69) is 51.7 Å². The van der Waals surface area contributed by atoms with E-state index < -0.39 is 5.79 Å². The molecule has 4 heteroatoms. The van der Waals surface area contributed by atoms with Gasteiger partial charge in [-0.05, 0) is 57.7 Å². The fraction of sp³-hybridized carbons (Fsp3) is 0.550. The van der Waals surface area contributed by atoms with E-state index in [1.54, 1.807) is 6.20 Å². The maximum atomic E-state index is 6.29. The first kappa shape index (κ1) is 17.2. The van der Waals surface area contributed by atoms with E-state index in [0.717, 1.165) is 12.8 Å². The summed E-state index contributed by atoms with van der Waals surface area (Å²) >= 11 is 0. The highest BCUT2D eigenvalue weighted by Crippen LogP contribution is 2.35. The Hall–Kier alpha value is -1.65. The Bertz CT molecular complexity index is 661. The van der Waals surface area contributed by atoms with Crippen molar-refractivity contribution in [3.63, 3.8) is 0 Å². The first-order valence-corrected chi connectivity index (χ1v) is 8.77. The Morgan fingerprint density at radius 2 is 1.71 bits per heavy atom. The van der Waals surface area contributed by atoms with Crippen LogP contribution in [0.3, 0.4) is 0 Å². The fourth-order valence-corrected chi connectivity index (χ4v) is 3.75. The summed E-state index contributed by atoms with van der Waals surface area (Å²) in [5.41, 5.74) is 5.43. The largest absolute Gasteiger partial charge is 0.342 e. The average molecular weight is 328 g/mol. The van der Waals surface area contributed by atoms with Crippen molar-refractivity contribution >= 4 is 0 Å². The number of hydrogen-bond donors (Lipinski definition) is 0. The SMILES string of the molecule is Cc1cc(C)c(CCC2(Cn3ccnc3)OC(C)C(C)O2)c(C)c1. The number of ether oxygens (including phenoxy) is 2. The lowest BCUT2D eigenvalue weighted by atomic mass is 9.94. The van der Waals surface area contributed by atoms with Crippen LogP contribution in [0.1, 0.15) is 42.5 Å². The van der Waals surface area contributed by atoms with E-state index >= 15 is 0 Å². The van der Waals surface area contributed by atoms with Crippen molar-refractivity contribution in [1.82, 2.24) is 9.55 Å². The van der Waals surface area contributed by atoms with Crippen molar-refractivity contribution < 1.29 is 9.47 Å². The smallest absolute Gasteiger partial charge is 0.187 e. The molecule has 0 N–H and O–H groups in total. The zero-order valence-electron chi connectivity index (χ0n) is 15.4. The van der Waals surface area contributed by atoms with Crippen LogP contribution in [0.4, 0.5) is 0 Å². The van der Waals surface area contributed by atoms with Gasteiger partial charge < -0.3 is 14.0 Å². The van der Waals surface area contributed by atoms with Gasteiger partial charge in [-0.3, -0.25) is 0 Å². The van der Waals surface area contributed by atoms with Crippen LogP contribution in [0.2, 0.25) is 0 Å². The molecule has 1 aromatic heterocycles. The van der Waals surface area contributed by atoms with Crippen LogP contribution >= 0.6 is 0 Å². The summed E-state index contributed by atoms with van der Waals surface area (Å²) in [7, 11) is 0. The fourth-order valence-electron chi connectivity index (χ4n) is 3.75. The van der Waals surface area contributed by atoms with Gasteiger partial charge >= 0.3 is 0 Å². The van der Waals surface area contributed by atoms with Crippen molar-refractivity contribution in [1.29, 1.82) is 0 Å². The van der Waals surface area contributed by atoms with Crippen LogP contribution < -0.4 is 0 Å². The van der Waals surface area contributed by atoms with Gasteiger partial charge in [0.2, 0.25) is 0 Å². The normalized spacial score (nSPS) is 26.9. The van der Waals surface area contributed by atoms with Crippen LogP contribution in [0.15, 0.2) is 30.9 Å². The number of rotatable bonds is 5. The van der Waals surface area contributed by atoms with Gasteiger partial charge in [-0.25, -0.2) is 4.98 Å². The average Bonchev–Trinajstić information content (AvgIpc) is 3.07. The number of aryl methyl sites for hydroxylation is 3. The topological polar surface area (TPSA) is 36.3 Å². The second-order valence-corrected chi connectivity index (χ2v) is 7.17. The van der Waals surface area contributed by atoms with E-state index in [1.165, 1.54) is 22.3 Å². The minimum Gasteiger partial charge on any atom is -0.342 e. The molecule has 2 unspecified atom stereocenters. The molecular formula is C20H28N2O2. The summed E-state index contributed by atoms with van der Waals surface area (Å²) in [5.74, 6) is -0.580. The second kappa shape index (κ2) is 6.69. The third-order valence-corrected chi connectivity index (χ3v) is 5.04. The van der Waals surface area contributed by atoms with E-state index in [9.17, 15) is 0 Å². The Kier molecular flexibility index (Phi) is 4.79. The third-order valence-electron chi connectivity index (χ3n) is 5.04. The molecule has 24 heavy (non-hydrogen) atoms. The van der Waals surface area contributed by atoms with Gasteiger partial charge in [0.15, 0.2) is 5.79 Å². The zero-order chi connectivity index (χ0) is 17.3. The Labute approximate surface area is 144 Å². The highest BCUT2D eigenvalue weighted by atomic mass is 16.8. The number of imidazole rings is 1. The van der Waals surface area contributed by atoms with E-state index in [4.69, 9.17) is 9.47 Å². The van der Waals surface area contributed by atoms with Crippen molar-refractivity contribution in [3.05, 3.63) is 53.1 Å². The number of nitrogens with zero attached hydrogens (tertiary/aromatic N) is 2. The molecule has 1 fully saturated rings. The van der Waals surface area contributed by atoms with Crippen LogP contribution in [0, 0.1) is 20.8 Å². The van der Waals surface area contributed by atoms with Crippen LogP contribution in [0.25, 0.3) is 0 Å². The highest BCUT2D eigenvalue weighted by Gasteiger charge is 2.44. The van der Waals surface area contributed by atoms with Crippen molar-refractivity contribution in [2.24, 2.45) is 0 Å². The summed E-state index contributed by atoms with van der Waals surface area (Å²) in [6.45, 7) is 11.4. The summed E-state index contributed by atoms with van der Waals surface area (Å²) in [6, 6.07) is 4.51. The summed E-state index contributed by atoms with van der Waals surface area (Å²) in [6.07, 6.45) is 7.58. The number of aromatic nitrogens is 2. The van der Waals surface area contributed by atoms with Gasteiger partial charge in [-0.1, -0.05) is 17.7 Å². The zero-order valence-corrected chi connectivity index (χ0v) is 15.4. The molecule has 0 saturated carbocycles. The maximum Gasteiger partial charge on any atom is 0.187 e. The molecule has 0 amide bonds. The minimum absolute atomic E-state index is 0.105. The first-order chi connectivity index (χ1) is 11.4. The number of hydrogen-bond acceptors (Lipinski definition) is 3. The molecule has 0 spiro atoms. The molecule has 130 valence electrons.